The van der Waals surface area contributed by atoms with Crippen molar-refractivity contribution in [2.45, 2.75) is 39.7 Å². The Morgan fingerprint density at radius 3 is 2.65 bits per heavy atom. The highest BCUT2D eigenvalue weighted by atomic mass is 16.5. The molecule has 0 radical (unpaired) electrons. The molecule has 0 aliphatic rings. The third-order valence-electron chi connectivity index (χ3n) is 6.03. The smallest absolute Gasteiger partial charge is 0.342 e. The van der Waals surface area contributed by atoms with E-state index in [1.807, 2.05) is 61.5 Å². The van der Waals surface area contributed by atoms with E-state index in [1.54, 1.807) is 20.2 Å². The van der Waals surface area contributed by atoms with Crippen LogP contribution in [0.4, 0.5) is 11.6 Å². The van der Waals surface area contributed by atoms with E-state index in [0.29, 0.717) is 36.1 Å². The zero-order valence-corrected chi connectivity index (χ0v) is 21.7. The monoisotopic (exact) mass is 499 g/mol. The van der Waals surface area contributed by atoms with Crippen molar-refractivity contribution in [3.8, 4) is 17.0 Å². The normalized spacial score (nSPS) is 11.7. The van der Waals surface area contributed by atoms with Crippen LogP contribution < -0.4 is 15.4 Å². The highest BCUT2D eigenvalue weighted by Gasteiger charge is 2.21. The number of fused-ring (bicyclic) bond motifs is 1. The number of carbonyl (C=O) groups excluding carboxylic acids is 1. The van der Waals surface area contributed by atoms with Gasteiger partial charge in [-0.2, -0.15) is 0 Å². The summed E-state index contributed by atoms with van der Waals surface area (Å²) in [7, 11) is 1.67. The number of pyridine rings is 1. The Kier molecular flexibility index (Phi) is 8.51. The number of rotatable bonds is 11. The summed E-state index contributed by atoms with van der Waals surface area (Å²) in [6, 6.07) is 17.8. The fourth-order valence-electron chi connectivity index (χ4n) is 4.24. The van der Waals surface area contributed by atoms with Crippen LogP contribution >= 0.6 is 0 Å². The van der Waals surface area contributed by atoms with Gasteiger partial charge in [0.05, 0.1) is 36.3 Å². The van der Waals surface area contributed by atoms with Crippen LogP contribution in [-0.2, 0) is 4.74 Å². The van der Waals surface area contributed by atoms with Gasteiger partial charge in [-0.15, -0.1) is 0 Å². The molecule has 0 amide bonds. The first-order chi connectivity index (χ1) is 18.0. The lowest BCUT2D eigenvalue weighted by Crippen LogP contribution is -2.18. The molecule has 0 saturated carbocycles. The lowest BCUT2D eigenvalue weighted by molar-refractivity contribution is 0.0525. The molecule has 4 rings (SSSR count). The molecule has 192 valence electrons. The molecule has 8 nitrogen and oxygen atoms in total. The molecule has 2 aromatic heterocycles. The van der Waals surface area contributed by atoms with Gasteiger partial charge >= 0.3 is 5.97 Å². The quantitative estimate of drug-likeness (QED) is 0.195. The maximum atomic E-state index is 12.6. The van der Waals surface area contributed by atoms with Crippen LogP contribution in [0, 0.1) is 6.92 Å². The van der Waals surface area contributed by atoms with Crippen LogP contribution in [0.2, 0.25) is 0 Å². The molecule has 37 heavy (non-hydrogen) atoms. The summed E-state index contributed by atoms with van der Waals surface area (Å²) >= 11 is 0. The van der Waals surface area contributed by atoms with Gasteiger partial charge in [-0.3, -0.25) is 4.98 Å². The average Bonchev–Trinajstić information content (AvgIpc) is 2.91. The minimum Gasteiger partial charge on any atom is -0.497 e. The second-order valence-electron chi connectivity index (χ2n) is 8.81. The van der Waals surface area contributed by atoms with Crippen LogP contribution in [0.25, 0.3) is 22.2 Å². The number of benzene rings is 2. The van der Waals surface area contributed by atoms with E-state index in [2.05, 4.69) is 32.5 Å². The molecular formula is C29H33N5O3. The molecule has 1 unspecified atom stereocenters. The summed E-state index contributed by atoms with van der Waals surface area (Å²) in [5, 5.41) is 7.94. The Bertz CT molecular complexity index is 1360. The molecule has 8 heteroatoms. The van der Waals surface area contributed by atoms with E-state index in [1.165, 1.54) is 0 Å². The summed E-state index contributed by atoms with van der Waals surface area (Å²) in [5.41, 5.74) is 4.28. The Morgan fingerprint density at radius 1 is 1.08 bits per heavy atom. The Labute approximate surface area is 217 Å². The van der Waals surface area contributed by atoms with Crippen molar-refractivity contribution in [3.05, 3.63) is 72.1 Å². The minimum atomic E-state index is -0.412. The van der Waals surface area contributed by atoms with Gasteiger partial charge in [-0.25, -0.2) is 14.8 Å². The number of hydrogen-bond donors (Lipinski definition) is 2. The lowest BCUT2D eigenvalue weighted by atomic mass is 10.0. The van der Waals surface area contributed by atoms with Crippen molar-refractivity contribution in [1.29, 1.82) is 0 Å². The fraction of sp³-hybridized carbons (Fsp3) is 0.310. The number of ether oxygens (including phenoxy) is 2. The first-order valence-electron chi connectivity index (χ1n) is 12.5. The maximum Gasteiger partial charge on any atom is 0.342 e. The van der Waals surface area contributed by atoms with Crippen molar-refractivity contribution >= 4 is 28.5 Å². The summed E-state index contributed by atoms with van der Waals surface area (Å²) < 4.78 is 10.7. The number of hydrogen-bond acceptors (Lipinski definition) is 8. The molecule has 1 atom stereocenters. The zero-order valence-electron chi connectivity index (χ0n) is 21.7. The minimum absolute atomic E-state index is 0.216. The summed E-state index contributed by atoms with van der Waals surface area (Å²) in [5.74, 6) is 0.878. The number of aryl methyl sites for hydroxylation is 1. The Balaban J connectivity index is 1.42. The maximum absolute atomic E-state index is 12.6. The number of nitrogens with one attached hydrogen (secondary N) is 2. The van der Waals surface area contributed by atoms with E-state index in [-0.39, 0.29) is 6.04 Å². The van der Waals surface area contributed by atoms with Crippen molar-refractivity contribution < 1.29 is 14.3 Å². The molecule has 0 saturated heterocycles. The van der Waals surface area contributed by atoms with Crippen LogP contribution in [-0.4, -0.2) is 47.2 Å². The summed E-state index contributed by atoms with van der Waals surface area (Å²) in [6.45, 7) is 6.73. The zero-order chi connectivity index (χ0) is 26.2. The molecule has 2 N–H and O–H groups in total. The summed E-state index contributed by atoms with van der Waals surface area (Å²) in [4.78, 5) is 26.4. The summed E-state index contributed by atoms with van der Waals surface area (Å²) in [6.07, 6.45) is 3.61. The van der Waals surface area contributed by atoms with Crippen LogP contribution in [0.1, 0.15) is 42.7 Å². The van der Waals surface area contributed by atoms with Crippen molar-refractivity contribution in [2.75, 3.05) is 30.9 Å². The highest BCUT2D eigenvalue weighted by Crippen LogP contribution is 2.29. The Hall–Kier alpha value is -4.20. The number of anilines is 2. The van der Waals surface area contributed by atoms with E-state index in [9.17, 15) is 4.79 Å². The number of nitrogens with zero attached hydrogens (tertiary/aromatic N) is 3. The van der Waals surface area contributed by atoms with Crippen LogP contribution in [0.3, 0.4) is 0 Å². The topological polar surface area (TPSA) is 98.3 Å². The van der Waals surface area contributed by atoms with Gasteiger partial charge in [0.2, 0.25) is 5.95 Å². The number of carbonyl (C=O) groups is 1. The molecule has 0 fully saturated rings. The third kappa shape index (κ3) is 6.33. The van der Waals surface area contributed by atoms with Gasteiger partial charge < -0.3 is 20.1 Å². The van der Waals surface area contributed by atoms with Crippen LogP contribution in [0.15, 0.2) is 60.8 Å². The van der Waals surface area contributed by atoms with Crippen molar-refractivity contribution in [1.82, 2.24) is 15.0 Å². The molecule has 0 spiro atoms. The Morgan fingerprint density at radius 2 is 1.89 bits per heavy atom. The SMILES string of the molecule is CCOC(=O)c1c(C)nc(NCCCC(C)Nc2cc(OC)cc3cccnc23)nc1-c1ccccc1. The molecule has 0 aliphatic heterocycles. The molecular weight excluding hydrogens is 466 g/mol. The number of esters is 1. The van der Waals surface area contributed by atoms with Gasteiger partial charge in [0.1, 0.15) is 11.3 Å². The van der Waals surface area contributed by atoms with E-state index in [4.69, 9.17) is 9.47 Å². The molecule has 0 bridgehead atoms. The van der Waals surface area contributed by atoms with Crippen molar-refractivity contribution in [2.24, 2.45) is 0 Å². The number of aromatic nitrogens is 3. The third-order valence-corrected chi connectivity index (χ3v) is 6.03. The molecule has 2 heterocycles. The van der Waals surface area contributed by atoms with Gasteiger partial charge in [-0.05, 0) is 45.7 Å². The van der Waals surface area contributed by atoms with Gasteiger partial charge in [0.15, 0.2) is 0 Å². The van der Waals surface area contributed by atoms with Crippen LogP contribution in [0.5, 0.6) is 5.75 Å². The molecule has 2 aromatic carbocycles. The predicted molar refractivity (Wildman–Crippen MR) is 147 cm³/mol. The molecule has 4 aromatic rings. The number of methoxy groups -OCH3 is 1. The van der Waals surface area contributed by atoms with Gasteiger partial charge in [-0.1, -0.05) is 36.4 Å². The largest absolute Gasteiger partial charge is 0.497 e. The highest BCUT2D eigenvalue weighted by molar-refractivity contribution is 5.97. The van der Waals surface area contributed by atoms with E-state index < -0.39 is 5.97 Å². The van der Waals surface area contributed by atoms with Gasteiger partial charge in [0, 0.05) is 35.8 Å². The van der Waals surface area contributed by atoms with E-state index in [0.717, 1.165) is 40.7 Å². The molecule has 0 aliphatic carbocycles. The second kappa shape index (κ2) is 12.2. The second-order valence-corrected chi connectivity index (χ2v) is 8.81. The standard InChI is InChI=1S/C29H33N5O3/c1-5-37-28(35)25-20(3)33-29(34-27(25)21-12-7-6-8-13-21)31-16-9-11-19(2)32-24-18-23(36-4)17-22-14-10-15-30-26(22)24/h6-8,10,12-15,17-19,32H,5,9,11,16H2,1-4H3,(H,31,33,34). The lowest BCUT2D eigenvalue weighted by Gasteiger charge is -2.18. The first kappa shape index (κ1) is 25.9. The first-order valence-corrected chi connectivity index (χ1v) is 12.5. The predicted octanol–water partition coefficient (Wildman–Crippen LogP) is 5.88. The fourth-order valence-corrected chi connectivity index (χ4v) is 4.24. The van der Waals surface area contributed by atoms with Gasteiger partial charge in [0.25, 0.3) is 0 Å². The van der Waals surface area contributed by atoms with E-state index >= 15 is 0 Å². The average molecular weight is 500 g/mol. The van der Waals surface area contributed by atoms with Crippen molar-refractivity contribution in [3.63, 3.8) is 0 Å².